The van der Waals surface area contributed by atoms with Crippen LogP contribution in [0.2, 0.25) is 0 Å². The Kier molecular flexibility index (Phi) is 5.07. The Morgan fingerprint density at radius 2 is 2.04 bits per heavy atom. The summed E-state index contributed by atoms with van der Waals surface area (Å²) in [5.41, 5.74) is 6.83. The Hall–Kier alpha value is -2.09. The highest BCUT2D eigenvalue weighted by atomic mass is 79.9. The van der Waals surface area contributed by atoms with Crippen LogP contribution in [0.15, 0.2) is 33.0 Å². The summed E-state index contributed by atoms with van der Waals surface area (Å²) in [7, 11) is -4.06. The van der Waals surface area contributed by atoms with Crippen molar-refractivity contribution < 1.29 is 22.4 Å². The number of nitrogen functional groups attached to an aromatic ring is 1. The van der Waals surface area contributed by atoms with Gasteiger partial charge < -0.3 is 19.8 Å². The number of hydrogen-bond donors (Lipinski definition) is 2. The first-order valence-electron chi connectivity index (χ1n) is 8.01. The van der Waals surface area contributed by atoms with Gasteiger partial charge in [-0.15, -0.1) is 0 Å². The van der Waals surface area contributed by atoms with Gasteiger partial charge in [-0.2, -0.15) is 8.42 Å². The van der Waals surface area contributed by atoms with Gasteiger partial charge in [-0.25, -0.2) is 15.0 Å². The highest BCUT2D eigenvalue weighted by Crippen LogP contribution is 2.43. The van der Waals surface area contributed by atoms with Crippen LogP contribution in [0.25, 0.3) is 11.2 Å². The molecule has 1 aromatic carbocycles. The number of benzene rings is 1. The molecule has 10 nitrogen and oxygen atoms in total. The van der Waals surface area contributed by atoms with Gasteiger partial charge in [-0.3, -0.25) is 4.55 Å². The summed E-state index contributed by atoms with van der Waals surface area (Å²) in [6.45, 7) is 0.438. The van der Waals surface area contributed by atoms with Crippen LogP contribution in [0.3, 0.4) is 0 Å². The molecule has 3 aromatic rings. The minimum Gasteiger partial charge on any atom is -0.454 e. The zero-order chi connectivity index (χ0) is 19.9. The van der Waals surface area contributed by atoms with E-state index in [0.29, 0.717) is 27.8 Å². The van der Waals surface area contributed by atoms with Crippen LogP contribution >= 0.6 is 27.7 Å². The normalized spacial score (nSPS) is 13.4. The van der Waals surface area contributed by atoms with Crippen LogP contribution in [-0.2, 0) is 16.7 Å². The van der Waals surface area contributed by atoms with Gasteiger partial charge in [-0.1, -0.05) is 11.8 Å². The summed E-state index contributed by atoms with van der Waals surface area (Å²) in [4.78, 5) is 13.5. The number of rotatable bonds is 6. The number of imidazole rings is 1. The van der Waals surface area contributed by atoms with Gasteiger partial charge in [0, 0.05) is 15.9 Å². The van der Waals surface area contributed by atoms with E-state index >= 15 is 0 Å². The van der Waals surface area contributed by atoms with Crippen molar-refractivity contribution in [2.24, 2.45) is 0 Å². The van der Waals surface area contributed by atoms with Crippen LogP contribution in [0.5, 0.6) is 11.5 Å². The molecule has 13 heteroatoms. The standard InChI is InChI=1S/C15H14BrN5O5S2/c16-8-4-9-10(26-7-25-9)5-11(8)27-15-20-12-13(17)18-6-19-14(12)21(15)2-1-3-28(22,23)24/h4-6H,1-3,7H2,(H2,17,18,19)(H,22,23,24). The van der Waals surface area contributed by atoms with Crippen molar-refractivity contribution in [1.82, 2.24) is 19.5 Å². The van der Waals surface area contributed by atoms with Gasteiger partial charge in [0.2, 0.25) is 6.79 Å². The minimum atomic E-state index is -4.06. The average molecular weight is 488 g/mol. The fourth-order valence-electron chi connectivity index (χ4n) is 2.69. The highest BCUT2D eigenvalue weighted by molar-refractivity contribution is 9.10. The van der Waals surface area contributed by atoms with Crippen molar-refractivity contribution in [2.45, 2.75) is 23.0 Å². The second-order valence-electron chi connectivity index (χ2n) is 5.85. The van der Waals surface area contributed by atoms with Gasteiger partial charge >= 0.3 is 0 Å². The molecule has 0 unspecified atom stereocenters. The van der Waals surface area contributed by atoms with Crippen LogP contribution < -0.4 is 15.2 Å². The Balaban J connectivity index is 1.71. The lowest BCUT2D eigenvalue weighted by Crippen LogP contribution is -2.09. The quantitative estimate of drug-likeness (QED) is 0.497. The summed E-state index contributed by atoms with van der Waals surface area (Å²) in [5, 5.41) is 0.553. The average Bonchev–Trinajstić information content (AvgIpc) is 3.20. The molecule has 0 saturated heterocycles. The number of nitrogens with zero attached hydrogens (tertiary/aromatic N) is 4. The van der Waals surface area contributed by atoms with Crippen molar-refractivity contribution in [2.75, 3.05) is 18.3 Å². The molecule has 0 fully saturated rings. The summed E-state index contributed by atoms with van der Waals surface area (Å²) < 4.78 is 44.4. The smallest absolute Gasteiger partial charge is 0.264 e. The van der Waals surface area contributed by atoms with E-state index in [4.69, 9.17) is 19.8 Å². The maximum absolute atomic E-state index is 11.1. The van der Waals surface area contributed by atoms with E-state index < -0.39 is 10.1 Å². The molecular formula is C15H14BrN5O5S2. The first-order valence-corrected chi connectivity index (χ1v) is 11.2. The first-order chi connectivity index (χ1) is 13.3. The van der Waals surface area contributed by atoms with Crippen molar-refractivity contribution in [3.63, 3.8) is 0 Å². The van der Waals surface area contributed by atoms with E-state index in [1.54, 1.807) is 4.57 Å². The molecule has 1 aliphatic rings. The first kappa shape index (κ1) is 19.2. The minimum absolute atomic E-state index is 0.163. The maximum Gasteiger partial charge on any atom is 0.264 e. The Labute approximate surface area is 172 Å². The third-order valence-electron chi connectivity index (χ3n) is 3.94. The van der Waals surface area contributed by atoms with Crippen LogP contribution in [0.4, 0.5) is 5.82 Å². The molecule has 2 aromatic heterocycles. The largest absolute Gasteiger partial charge is 0.454 e. The number of fused-ring (bicyclic) bond motifs is 2. The monoisotopic (exact) mass is 487 g/mol. The molecule has 0 spiro atoms. The van der Waals surface area contributed by atoms with E-state index in [1.165, 1.54) is 18.1 Å². The molecule has 0 bridgehead atoms. The van der Waals surface area contributed by atoms with E-state index in [9.17, 15) is 8.42 Å². The van der Waals surface area contributed by atoms with Gasteiger partial charge in [0.15, 0.2) is 33.6 Å². The molecule has 3 N–H and O–H groups in total. The predicted molar refractivity (Wildman–Crippen MR) is 105 cm³/mol. The van der Waals surface area contributed by atoms with E-state index in [2.05, 4.69) is 30.9 Å². The zero-order valence-electron chi connectivity index (χ0n) is 14.2. The molecule has 4 rings (SSSR count). The lowest BCUT2D eigenvalue weighted by Gasteiger charge is -2.09. The van der Waals surface area contributed by atoms with Gasteiger partial charge in [-0.05, 0) is 34.5 Å². The van der Waals surface area contributed by atoms with Crippen LogP contribution in [-0.4, -0.2) is 45.0 Å². The number of halogens is 1. The predicted octanol–water partition coefficient (Wildman–Crippen LogP) is 2.33. The molecule has 0 aliphatic carbocycles. The Morgan fingerprint density at radius 1 is 1.29 bits per heavy atom. The number of aryl methyl sites for hydroxylation is 1. The lowest BCUT2D eigenvalue weighted by atomic mass is 10.3. The fraction of sp³-hybridized carbons (Fsp3) is 0.267. The third-order valence-corrected chi connectivity index (χ3v) is 6.71. The molecule has 148 valence electrons. The second-order valence-corrected chi connectivity index (χ2v) is 9.29. The van der Waals surface area contributed by atoms with Gasteiger partial charge in [0.25, 0.3) is 10.1 Å². The molecule has 0 amide bonds. The maximum atomic E-state index is 11.1. The Bertz CT molecular complexity index is 1170. The van der Waals surface area contributed by atoms with E-state index in [0.717, 1.165) is 9.37 Å². The number of anilines is 1. The fourth-order valence-corrected chi connectivity index (χ4v) is 4.70. The van der Waals surface area contributed by atoms with Crippen molar-refractivity contribution in [1.29, 1.82) is 0 Å². The molecule has 3 heterocycles. The van der Waals surface area contributed by atoms with Crippen LogP contribution in [0.1, 0.15) is 6.42 Å². The molecule has 0 atom stereocenters. The number of ether oxygens (including phenoxy) is 2. The van der Waals surface area contributed by atoms with E-state index in [1.807, 2.05) is 12.1 Å². The summed E-state index contributed by atoms with van der Waals surface area (Å²) in [5.74, 6) is 1.13. The number of aromatic nitrogens is 4. The molecule has 0 saturated carbocycles. The third kappa shape index (κ3) is 3.87. The molecule has 28 heavy (non-hydrogen) atoms. The van der Waals surface area contributed by atoms with Gasteiger partial charge in [0.05, 0.1) is 5.75 Å². The van der Waals surface area contributed by atoms with Crippen molar-refractivity contribution in [3.05, 3.63) is 22.9 Å². The van der Waals surface area contributed by atoms with Crippen LogP contribution in [0, 0.1) is 0 Å². The zero-order valence-corrected chi connectivity index (χ0v) is 17.4. The van der Waals surface area contributed by atoms with Gasteiger partial charge in [0.1, 0.15) is 6.33 Å². The molecule has 0 radical (unpaired) electrons. The number of nitrogens with two attached hydrogens (primary N) is 1. The van der Waals surface area contributed by atoms with E-state index in [-0.39, 0.29) is 31.3 Å². The van der Waals surface area contributed by atoms with Crippen molar-refractivity contribution >= 4 is 54.8 Å². The highest BCUT2D eigenvalue weighted by Gasteiger charge is 2.21. The molecular weight excluding hydrogens is 474 g/mol. The summed E-state index contributed by atoms with van der Waals surface area (Å²) in [6.07, 6.45) is 1.51. The topological polar surface area (TPSA) is 142 Å². The summed E-state index contributed by atoms with van der Waals surface area (Å²) in [6, 6.07) is 3.64. The lowest BCUT2D eigenvalue weighted by molar-refractivity contribution is 0.174. The number of hydrogen-bond acceptors (Lipinski definition) is 9. The second kappa shape index (κ2) is 7.39. The summed E-state index contributed by atoms with van der Waals surface area (Å²) >= 11 is 4.84. The molecule has 1 aliphatic heterocycles. The SMILES string of the molecule is Nc1ncnc2c1nc(Sc1cc3c(cc1Br)OCO3)n2CCCS(=O)(=O)O. The Morgan fingerprint density at radius 3 is 2.79 bits per heavy atom. The van der Waals surface area contributed by atoms with Crippen molar-refractivity contribution in [3.8, 4) is 11.5 Å².